The molecule has 0 aliphatic heterocycles. The second-order valence-corrected chi connectivity index (χ2v) is 5.10. The average Bonchev–Trinajstić information content (AvgIpc) is 3.10. The number of hydrogen-bond donors (Lipinski definition) is 0. The van der Waals surface area contributed by atoms with Gasteiger partial charge in [0.1, 0.15) is 5.69 Å². The molecule has 0 aliphatic rings. The fraction of sp³-hybridized carbons (Fsp3) is 0.188. The van der Waals surface area contributed by atoms with Crippen LogP contribution in [0.2, 0.25) is 0 Å². The Morgan fingerprint density at radius 3 is 2.90 bits per heavy atom. The van der Waals surface area contributed by atoms with Gasteiger partial charge in [-0.25, -0.2) is 9.67 Å². The summed E-state index contributed by atoms with van der Waals surface area (Å²) in [6.45, 7) is 4.88. The number of aromatic nitrogens is 4. The van der Waals surface area contributed by atoms with Gasteiger partial charge in [-0.05, 0) is 19.9 Å². The Bertz CT molecular complexity index is 951. The van der Waals surface area contributed by atoms with Gasteiger partial charge in [-0.15, -0.1) is 0 Å². The summed E-state index contributed by atoms with van der Waals surface area (Å²) < 4.78 is 7.42. The molecule has 3 heterocycles. The molecule has 0 atom stereocenters. The summed E-state index contributed by atoms with van der Waals surface area (Å²) in [6.07, 6.45) is 3.61. The molecular formula is C16H14N4O. The van der Waals surface area contributed by atoms with Gasteiger partial charge < -0.3 is 4.52 Å². The normalized spacial score (nSPS) is 11.5. The van der Waals surface area contributed by atoms with E-state index in [9.17, 15) is 0 Å². The van der Waals surface area contributed by atoms with Gasteiger partial charge >= 0.3 is 0 Å². The van der Waals surface area contributed by atoms with Gasteiger partial charge in [0.15, 0.2) is 11.2 Å². The Hall–Kier alpha value is -2.69. The Labute approximate surface area is 121 Å². The molecule has 3 aromatic heterocycles. The minimum absolute atomic E-state index is 0.746. The Morgan fingerprint density at radius 1 is 1.19 bits per heavy atom. The standard InChI is InChI=1S/C16H14N4O/c1-3-20-16-13(9-18-20)15-12(8-17-16)14(19-21-15)11-6-4-5-10(2)7-11/h4-9H,3H2,1-2H3. The number of rotatable bonds is 2. The molecule has 0 fully saturated rings. The molecule has 0 bridgehead atoms. The summed E-state index contributed by atoms with van der Waals surface area (Å²) in [5.74, 6) is 0. The topological polar surface area (TPSA) is 56.7 Å². The van der Waals surface area contributed by atoms with Gasteiger partial charge in [0.2, 0.25) is 0 Å². The molecule has 21 heavy (non-hydrogen) atoms. The van der Waals surface area contributed by atoms with Gasteiger partial charge in [-0.2, -0.15) is 5.10 Å². The molecule has 0 aliphatic carbocycles. The molecule has 4 aromatic rings. The van der Waals surface area contributed by atoms with Crippen LogP contribution in [-0.4, -0.2) is 19.9 Å². The van der Waals surface area contributed by atoms with E-state index in [2.05, 4.69) is 34.3 Å². The summed E-state index contributed by atoms with van der Waals surface area (Å²) >= 11 is 0. The molecule has 4 rings (SSSR count). The monoisotopic (exact) mass is 278 g/mol. The first-order valence-corrected chi connectivity index (χ1v) is 6.95. The van der Waals surface area contributed by atoms with E-state index in [1.807, 2.05) is 29.9 Å². The molecule has 0 unspecified atom stereocenters. The van der Waals surface area contributed by atoms with Crippen LogP contribution >= 0.6 is 0 Å². The van der Waals surface area contributed by atoms with Crippen LogP contribution in [-0.2, 0) is 6.54 Å². The van der Waals surface area contributed by atoms with Gasteiger partial charge in [-0.3, -0.25) is 0 Å². The fourth-order valence-electron chi connectivity index (χ4n) is 2.64. The van der Waals surface area contributed by atoms with Crippen molar-refractivity contribution in [3.05, 3.63) is 42.2 Å². The van der Waals surface area contributed by atoms with E-state index in [1.165, 1.54) is 5.56 Å². The van der Waals surface area contributed by atoms with Crippen LogP contribution in [0.3, 0.4) is 0 Å². The SMILES string of the molecule is CCn1ncc2c3onc(-c4cccc(C)c4)c3cnc21. The lowest BCUT2D eigenvalue weighted by molar-refractivity contribution is 0.461. The van der Waals surface area contributed by atoms with Crippen LogP contribution in [0, 0.1) is 6.92 Å². The van der Waals surface area contributed by atoms with Crippen LogP contribution in [0.5, 0.6) is 0 Å². The van der Waals surface area contributed by atoms with E-state index < -0.39 is 0 Å². The maximum absolute atomic E-state index is 5.57. The average molecular weight is 278 g/mol. The van der Waals surface area contributed by atoms with Crippen molar-refractivity contribution < 1.29 is 4.52 Å². The van der Waals surface area contributed by atoms with E-state index in [1.54, 1.807) is 6.20 Å². The third-order valence-corrected chi connectivity index (χ3v) is 3.69. The third kappa shape index (κ3) is 1.74. The van der Waals surface area contributed by atoms with Crippen molar-refractivity contribution in [2.75, 3.05) is 0 Å². The molecule has 5 heteroatoms. The summed E-state index contributed by atoms with van der Waals surface area (Å²) in [5.41, 5.74) is 4.63. The van der Waals surface area contributed by atoms with Crippen molar-refractivity contribution >= 4 is 22.0 Å². The Balaban J connectivity index is 2.01. The van der Waals surface area contributed by atoms with E-state index in [4.69, 9.17) is 4.52 Å². The summed E-state index contributed by atoms with van der Waals surface area (Å²) in [5, 5.41) is 10.4. The zero-order valence-electron chi connectivity index (χ0n) is 11.9. The Kier molecular flexibility index (Phi) is 2.54. The molecule has 0 spiro atoms. The van der Waals surface area contributed by atoms with E-state index in [0.717, 1.165) is 39.8 Å². The smallest absolute Gasteiger partial charge is 0.181 e. The Morgan fingerprint density at radius 2 is 2.10 bits per heavy atom. The van der Waals surface area contributed by atoms with Crippen molar-refractivity contribution in [2.24, 2.45) is 0 Å². The maximum atomic E-state index is 5.57. The highest BCUT2D eigenvalue weighted by Crippen LogP contribution is 2.31. The van der Waals surface area contributed by atoms with Crippen molar-refractivity contribution in [1.82, 2.24) is 19.9 Å². The summed E-state index contributed by atoms with van der Waals surface area (Å²) in [4.78, 5) is 4.52. The number of hydrogen-bond acceptors (Lipinski definition) is 4. The second-order valence-electron chi connectivity index (χ2n) is 5.10. The minimum Gasteiger partial charge on any atom is -0.355 e. The zero-order chi connectivity index (χ0) is 14.4. The van der Waals surface area contributed by atoms with Gasteiger partial charge in [0, 0.05) is 18.3 Å². The van der Waals surface area contributed by atoms with Crippen molar-refractivity contribution in [3.63, 3.8) is 0 Å². The fourth-order valence-corrected chi connectivity index (χ4v) is 2.64. The molecule has 104 valence electrons. The molecular weight excluding hydrogens is 264 g/mol. The molecule has 0 N–H and O–H groups in total. The predicted molar refractivity (Wildman–Crippen MR) is 80.9 cm³/mol. The molecule has 5 nitrogen and oxygen atoms in total. The van der Waals surface area contributed by atoms with Gasteiger partial charge in [0.25, 0.3) is 0 Å². The van der Waals surface area contributed by atoms with Gasteiger partial charge in [-0.1, -0.05) is 28.9 Å². The number of nitrogens with zero attached hydrogens (tertiary/aromatic N) is 4. The molecule has 1 aromatic carbocycles. The first kappa shape index (κ1) is 12.1. The van der Waals surface area contributed by atoms with Crippen molar-refractivity contribution in [1.29, 1.82) is 0 Å². The third-order valence-electron chi connectivity index (χ3n) is 3.69. The van der Waals surface area contributed by atoms with Gasteiger partial charge in [0.05, 0.1) is 17.0 Å². The summed E-state index contributed by atoms with van der Waals surface area (Å²) in [7, 11) is 0. The van der Waals surface area contributed by atoms with Crippen LogP contribution in [0.1, 0.15) is 12.5 Å². The molecule has 0 amide bonds. The number of pyridine rings is 1. The van der Waals surface area contributed by atoms with Crippen LogP contribution < -0.4 is 0 Å². The highest BCUT2D eigenvalue weighted by atomic mass is 16.5. The zero-order valence-corrected chi connectivity index (χ0v) is 11.9. The van der Waals surface area contributed by atoms with Crippen molar-refractivity contribution in [2.45, 2.75) is 20.4 Å². The quantitative estimate of drug-likeness (QED) is 0.562. The van der Waals surface area contributed by atoms with Crippen molar-refractivity contribution in [3.8, 4) is 11.3 Å². The lowest BCUT2D eigenvalue weighted by Gasteiger charge is -1.99. The minimum atomic E-state index is 0.746. The first-order valence-electron chi connectivity index (χ1n) is 6.95. The summed E-state index contributed by atoms with van der Waals surface area (Å²) in [6, 6.07) is 8.21. The highest BCUT2D eigenvalue weighted by molar-refractivity contribution is 6.05. The lowest BCUT2D eigenvalue weighted by atomic mass is 10.1. The van der Waals surface area contributed by atoms with Crippen LogP contribution in [0.4, 0.5) is 0 Å². The van der Waals surface area contributed by atoms with E-state index >= 15 is 0 Å². The number of fused-ring (bicyclic) bond motifs is 3. The second kappa shape index (κ2) is 4.41. The molecule has 0 saturated heterocycles. The van der Waals surface area contributed by atoms with E-state index in [0.29, 0.717) is 0 Å². The number of benzene rings is 1. The first-order chi connectivity index (χ1) is 10.3. The largest absolute Gasteiger partial charge is 0.355 e. The predicted octanol–water partition coefficient (Wildman–Crippen LogP) is 3.57. The number of aryl methyl sites for hydroxylation is 2. The highest BCUT2D eigenvalue weighted by Gasteiger charge is 2.16. The lowest BCUT2D eigenvalue weighted by Crippen LogP contribution is -1.96. The molecule has 0 saturated carbocycles. The maximum Gasteiger partial charge on any atom is 0.181 e. The van der Waals surface area contributed by atoms with Crippen LogP contribution in [0.25, 0.3) is 33.3 Å². The molecule has 0 radical (unpaired) electrons. The van der Waals surface area contributed by atoms with E-state index in [-0.39, 0.29) is 0 Å². The van der Waals surface area contributed by atoms with Crippen LogP contribution in [0.15, 0.2) is 41.2 Å².